The molecule has 6 nitrogen and oxygen atoms in total. The number of anilines is 8. The minimum absolute atomic E-state index is 0. The topological polar surface area (TPSA) is 38.7 Å². The molecule has 279 valence electrons. The van der Waals surface area contributed by atoms with Crippen LogP contribution in [0.25, 0.3) is 11.0 Å². The SMILES string of the molecule is CC(C)(C)c1c[c-]c(N2[CH-]N(c3ccc(C(C)(C)C)cc3)c3nc4ccccc4nc32)cc1.[Ir].[c-]1ccccc1N1[CH-]N(c2ccccc2)c2ccccc21. The molecular weight excluding hydrogens is 853 g/mol. The molecule has 2 aliphatic heterocycles. The Kier molecular flexibility index (Phi) is 10.5. The predicted octanol–water partition coefficient (Wildman–Crippen LogP) is 12.3. The predicted molar refractivity (Wildman–Crippen MR) is 224 cm³/mol. The van der Waals surface area contributed by atoms with Gasteiger partial charge in [0.25, 0.3) is 0 Å². The second-order valence-electron chi connectivity index (χ2n) is 15.7. The van der Waals surface area contributed by atoms with E-state index in [2.05, 4.69) is 184 Å². The van der Waals surface area contributed by atoms with Crippen molar-refractivity contribution < 1.29 is 20.1 Å². The standard InChI is InChI=1S/C29H30N4.C19H14N2.Ir/c1-28(2,3)20-11-15-22(16-12-20)32-19-33(23-17-13-21(14-18-23)29(4,5)6)27-26(32)30-24-9-7-8-10-25(24)31-27;1-3-9-16(10-4-1)20-15-21(17-11-5-2-6-12-17)19-14-8-7-13-18(19)20;/h7-17,19H,1-6H3;1-11,13-15H;/q2*-2;. The first-order valence-electron chi connectivity index (χ1n) is 18.4. The van der Waals surface area contributed by atoms with Gasteiger partial charge in [-0.2, -0.15) is 54.1 Å². The molecule has 55 heavy (non-hydrogen) atoms. The number of aromatic nitrogens is 2. The van der Waals surface area contributed by atoms with E-state index in [0.29, 0.717) is 0 Å². The molecule has 2 aliphatic rings. The summed E-state index contributed by atoms with van der Waals surface area (Å²) in [5.41, 5.74) is 11.1. The van der Waals surface area contributed by atoms with Crippen LogP contribution in [0.2, 0.25) is 0 Å². The normalized spacial score (nSPS) is 13.6. The largest absolute Gasteiger partial charge is 0.493 e. The van der Waals surface area contributed by atoms with Crippen molar-refractivity contribution in [3.63, 3.8) is 0 Å². The summed E-state index contributed by atoms with van der Waals surface area (Å²) in [5, 5.41) is 0. The molecule has 0 fully saturated rings. The van der Waals surface area contributed by atoms with Gasteiger partial charge in [-0.3, -0.25) is 0 Å². The summed E-state index contributed by atoms with van der Waals surface area (Å²) in [4.78, 5) is 18.6. The maximum atomic E-state index is 4.99. The van der Waals surface area contributed by atoms with Crippen LogP contribution < -0.4 is 19.6 Å². The Labute approximate surface area is 339 Å². The van der Waals surface area contributed by atoms with Gasteiger partial charge in [-0.05, 0) is 59.5 Å². The third kappa shape index (κ3) is 7.73. The fourth-order valence-corrected chi connectivity index (χ4v) is 6.68. The molecule has 6 aromatic carbocycles. The summed E-state index contributed by atoms with van der Waals surface area (Å²) >= 11 is 0. The van der Waals surface area contributed by atoms with Crippen LogP contribution in [0.5, 0.6) is 0 Å². The summed E-state index contributed by atoms with van der Waals surface area (Å²) in [6, 6.07) is 56.7. The van der Waals surface area contributed by atoms with Crippen LogP contribution in [0.1, 0.15) is 52.7 Å². The van der Waals surface area contributed by atoms with E-state index in [1.54, 1.807) is 0 Å². The van der Waals surface area contributed by atoms with Crippen molar-refractivity contribution in [3.8, 4) is 0 Å². The van der Waals surface area contributed by atoms with Gasteiger partial charge in [-0.15, -0.1) is 30.8 Å². The van der Waals surface area contributed by atoms with Gasteiger partial charge >= 0.3 is 0 Å². The Balaban J connectivity index is 0.000000182. The average Bonchev–Trinajstić information content (AvgIpc) is 3.76. The number of benzene rings is 6. The zero-order chi connectivity index (χ0) is 37.5. The second-order valence-corrected chi connectivity index (χ2v) is 15.7. The zero-order valence-corrected chi connectivity index (χ0v) is 34.4. The molecule has 0 aliphatic carbocycles. The molecule has 0 bridgehead atoms. The minimum atomic E-state index is 0. The molecule has 9 rings (SSSR count). The molecule has 0 unspecified atom stereocenters. The van der Waals surface area contributed by atoms with Crippen LogP contribution in [0, 0.1) is 25.5 Å². The summed E-state index contributed by atoms with van der Waals surface area (Å²) in [6.07, 6.45) is 0. The van der Waals surface area contributed by atoms with Crippen molar-refractivity contribution in [1.29, 1.82) is 0 Å². The Morgan fingerprint density at radius 2 is 0.964 bits per heavy atom. The van der Waals surface area contributed by atoms with Gasteiger partial charge in [0.15, 0.2) is 0 Å². The van der Waals surface area contributed by atoms with E-state index >= 15 is 0 Å². The summed E-state index contributed by atoms with van der Waals surface area (Å²) in [6.45, 7) is 17.5. The Bertz CT molecular complexity index is 2200. The number of hydrogen-bond donors (Lipinski definition) is 0. The first-order valence-corrected chi connectivity index (χ1v) is 18.4. The Hall–Kier alpha value is -5.49. The first kappa shape index (κ1) is 37.8. The van der Waals surface area contributed by atoms with Crippen molar-refractivity contribution in [1.82, 2.24) is 9.97 Å². The molecule has 0 atom stereocenters. The fourth-order valence-electron chi connectivity index (χ4n) is 6.68. The van der Waals surface area contributed by atoms with Crippen molar-refractivity contribution in [3.05, 3.63) is 182 Å². The summed E-state index contributed by atoms with van der Waals surface area (Å²) in [7, 11) is 0. The van der Waals surface area contributed by atoms with Crippen LogP contribution in [0.4, 0.5) is 45.8 Å². The third-order valence-corrected chi connectivity index (χ3v) is 9.77. The second kappa shape index (κ2) is 15.3. The minimum Gasteiger partial charge on any atom is -0.493 e. The quantitative estimate of drug-likeness (QED) is 0.164. The maximum absolute atomic E-state index is 4.99. The maximum Gasteiger partial charge on any atom is 0.146 e. The van der Waals surface area contributed by atoms with Crippen LogP contribution in [-0.4, -0.2) is 9.97 Å². The van der Waals surface area contributed by atoms with Crippen LogP contribution in [0.15, 0.2) is 146 Å². The number of rotatable bonds is 4. The molecule has 0 amide bonds. The number of para-hydroxylation sites is 6. The third-order valence-electron chi connectivity index (χ3n) is 9.77. The molecule has 0 N–H and O–H groups in total. The molecule has 1 radical (unpaired) electrons. The molecule has 7 aromatic rings. The Morgan fingerprint density at radius 3 is 1.55 bits per heavy atom. The zero-order valence-electron chi connectivity index (χ0n) is 32.0. The molecule has 0 spiro atoms. The Morgan fingerprint density at radius 1 is 0.455 bits per heavy atom. The van der Waals surface area contributed by atoms with Gasteiger partial charge < -0.3 is 19.6 Å². The first-order chi connectivity index (χ1) is 26.0. The van der Waals surface area contributed by atoms with E-state index in [9.17, 15) is 0 Å². The molecule has 0 saturated carbocycles. The number of nitrogens with zero attached hydrogens (tertiary/aromatic N) is 6. The molecular formula is C48H44IrN6-4. The smallest absolute Gasteiger partial charge is 0.146 e. The van der Waals surface area contributed by atoms with Crippen molar-refractivity contribution in [2.24, 2.45) is 0 Å². The number of fused-ring (bicyclic) bond motifs is 3. The van der Waals surface area contributed by atoms with E-state index in [1.165, 1.54) is 22.5 Å². The van der Waals surface area contributed by atoms with Gasteiger partial charge in [-0.1, -0.05) is 102 Å². The van der Waals surface area contributed by atoms with Gasteiger partial charge in [0, 0.05) is 42.9 Å². The molecule has 7 heteroatoms. The van der Waals surface area contributed by atoms with Gasteiger partial charge in [0.1, 0.15) is 11.6 Å². The van der Waals surface area contributed by atoms with E-state index in [1.807, 2.05) is 48.5 Å². The van der Waals surface area contributed by atoms with Gasteiger partial charge in [0.05, 0.1) is 11.0 Å². The van der Waals surface area contributed by atoms with E-state index in [4.69, 9.17) is 9.97 Å². The molecule has 3 heterocycles. The van der Waals surface area contributed by atoms with Crippen molar-refractivity contribution in [2.45, 2.75) is 52.4 Å². The number of hydrogen-bond acceptors (Lipinski definition) is 6. The summed E-state index contributed by atoms with van der Waals surface area (Å²) < 4.78 is 0. The van der Waals surface area contributed by atoms with Crippen molar-refractivity contribution >= 4 is 56.8 Å². The van der Waals surface area contributed by atoms with Crippen molar-refractivity contribution in [2.75, 3.05) is 19.6 Å². The molecule has 1 aromatic heterocycles. The average molecular weight is 897 g/mol. The molecule has 0 saturated heterocycles. The van der Waals surface area contributed by atoms with Gasteiger partial charge in [0.2, 0.25) is 0 Å². The van der Waals surface area contributed by atoms with Crippen LogP contribution in [-0.2, 0) is 30.9 Å². The monoisotopic (exact) mass is 897 g/mol. The van der Waals surface area contributed by atoms with E-state index < -0.39 is 0 Å². The fraction of sp³-hybridized carbons (Fsp3) is 0.167. The van der Waals surface area contributed by atoms with E-state index in [-0.39, 0.29) is 30.9 Å². The van der Waals surface area contributed by atoms with Gasteiger partial charge in [-0.25, -0.2) is 9.97 Å². The summed E-state index contributed by atoms with van der Waals surface area (Å²) in [5.74, 6) is 1.64. The van der Waals surface area contributed by atoms with Crippen LogP contribution in [0.3, 0.4) is 0 Å². The van der Waals surface area contributed by atoms with E-state index in [0.717, 1.165) is 45.4 Å². The van der Waals surface area contributed by atoms with Crippen LogP contribution >= 0.6 is 0 Å².